The van der Waals surface area contributed by atoms with Gasteiger partial charge in [-0.15, -0.1) is 5.10 Å². The highest BCUT2D eigenvalue weighted by atomic mass is 32.1. The summed E-state index contributed by atoms with van der Waals surface area (Å²) in [5, 5.41) is 9.85. The smallest absolute Gasteiger partial charge is 0.322 e. The van der Waals surface area contributed by atoms with Gasteiger partial charge in [-0.1, -0.05) is 4.49 Å². The molecule has 2 aliphatic heterocycles. The maximum absolute atomic E-state index is 12.7. The van der Waals surface area contributed by atoms with E-state index in [1.807, 2.05) is 24.3 Å². The Morgan fingerprint density at radius 1 is 1.23 bits per heavy atom. The maximum Gasteiger partial charge on any atom is 0.322 e. The molecule has 0 spiro atoms. The second kappa shape index (κ2) is 9.92. The van der Waals surface area contributed by atoms with Crippen LogP contribution in [-0.4, -0.2) is 79.0 Å². The first-order valence-corrected chi connectivity index (χ1v) is 11.1. The van der Waals surface area contributed by atoms with Crippen molar-refractivity contribution in [1.29, 1.82) is 0 Å². The standard InChI is InChI=1S/C20H26N6O4S/c1-29-15-6-4-14(5-7-15)25-8-10-26(11-9-25)20(28)22-19-17(23-24-31-19)18(27)21-13-16-3-2-12-30-16/h4-7,16H,2-3,8-13H2,1H3,(H,21,27)(H,22,28)/t16-/m0/s1. The first kappa shape index (κ1) is 21.3. The largest absolute Gasteiger partial charge is 0.497 e. The fourth-order valence-corrected chi connectivity index (χ4v) is 4.21. The second-order valence-corrected chi connectivity index (χ2v) is 8.15. The molecule has 2 N–H and O–H groups in total. The monoisotopic (exact) mass is 446 g/mol. The summed E-state index contributed by atoms with van der Waals surface area (Å²) in [6, 6.07) is 7.62. The molecule has 10 nitrogen and oxygen atoms in total. The number of benzene rings is 1. The number of anilines is 2. The van der Waals surface area contributed by atoms with Gasteiger partial charge in [-0.2, -0.15) is 0 Å². The van der Waals surface area contributed by atoms with Crippen molar-refractivity contribution in [3.8, 4) is 5.75 Å². The summed E-state index contributed by atoms with van der Waals surface area (Å²) in [4.78, 5) is 29.1. The lowest BCUT2D eigenvalue weighted by atomic mass is 10.2. The zero-order valence-electron chi connectivity index (χ0n) is 17.4. The first-order valence-electron chi connectivity index (χ1n) is 10.3. The topological polar surface area (TPSA) is 109 Å². The van der Waals surface area contributed by atoms with E-state index in [0.29, 0.717) is 24.6 Å². The van der Waals surface area contributed by atoms with Crippen molar-refractivity contribution in [2.24, 2.45) is 0 Å². The van der Waals surface area contributed by atoms with Gasteiger partial charge in [0.15, 0.2) is 10.7 Å². The maximum atomic E-state index is 12.7. The van der Waals surface area contributed by atoms with Gasteiger partial charge in [0.05, 0.1) is 13.2 Å². The van der Waals surface area contributed by atoms with Gasteiger partial charge in [-0.25, -0.2) is 4.79 Å². The van der Waals surface area contributed by atoms with E-state index in [-0.39, 0.29) is 23.7 Å². The number of carbonyl (C=O) groups is 2. The van der Waals surface area contributed by atoms with Crippen LogP contribution in [-0.2, 0) is 4.74 Å². The molecule has 3 heterocycles. The van der Waals surface area contributed by atoms with Crippen molar-refractivity contribution in [2.45, 2.75) is 18.9 Å². The van der Waals surface area contributed by atoms with Crippen LogP contribution in [0.4, 0.5) is 15.5 Å². The highest BCUT2D eigenvalue weighted by Crippen LogP contribution is 2.22. The van der Waals surface area contributed by atoms with Crippen LogP contribution in [0.1, 0.15) is 23.3 Å². The molecule has 3 amide bonds. The molecule has 11 heteroatoms. The molecule has 0 bridgehead atoms. The number of piperazine rings is 1. The summed E-state index contributed by atoms with van der Waals surface area (Å²) in [5.74, 6) is 0.458. The molecule has 1 aromatic heterocycles. The number of rotatable bonds is 6. The zero-order valence-corrected chi connectivity index (χ0v) is 18.2. The van der Waals surface area contributed by atoms with Gasteiger partial charge in [0.2, 0.25) is 0 Å². The van der Waals surface area contributed by atoms with Crippen molar-refractivity contribution in [1.82, 2.24) is 19.8 Å². The molecule has 0 unspecified atom stereocenters. The van der Waals surface area contributed by atoms with Crippen molar-refractivity contribution in [2.75, 3.05) is 56.7 Å². The van der Waals surface area contributed by atoms with Gasteiger partial charge in [0.25, 0.3) is 5.91 Å². The van der Waals surface area contributed by atoms with Gasteiger partial charge in [-0.05, 0) is 37.1 Å². The number of urea groups is 1. The molecule has 0 radical (unpaired) electrons. The molecular formula is C20H26N6O4S. The predicted octanol–water partition coefficient (Wildman–Crippen LogP) is 1.81. The van der Waals surface area contributed by atoms with Gasteiger partial charge < -0.3 is 24.6 Å². The average molecular weight is 447 g/mol. The van der Waals surface area contributed by atoms with E-state index < -0.39 is 0 Å². The van der Waals surface area contributed by atoms with E-state index >= 15 is 0 Å². The third-order valence-electron chi connectivity index (χ3n) is 5.44. The fraction of sp³-hybridized carbons (Fsp3) is 0.500. The number of ether oxygens (including phenoxy) is 2. The summed E-state index contributed by atoms with van der Waals surface area (Å²) in [5.41, 5.74) is 1.23. The number of aromatic nitrogens is 2. The van der Waals surface area contributed by atoms with Gasteiger partial charge in [0.1, 0.15) is 5.75 Å². The number of methoxy groups -OCH3 is 1. The number of nitrogens with zero attached hydrogens (tertiary/aromatic N) is 4. The molecule has 166 valence electrons. The number of amides is 3. The molecule has 0 aliphatic carbocycles. The van der Waals surface area contributed by atoms with E-state index in [1.54, 1.807) is 12.0 Å². The van der Waals surface area contributed by atoms with Gasteiger partial charge in [0, 0.05) is 56.6 Å². The Morgan fingerprint density at radius 3 is 2.68 bits per heavy atom. The van der Waals surface area contributed by atoms with E-state index in [1.165, 1.54) is 0 Å². The summed E-state index contributed by atoms with van der Waals surface area (Å²) >= 11 is 0.995. The highest BCUT2D eigenvalue weighted by Gasteiger charge is 2.25. The normalized spacial score (nSPS) is 18.7. The SMILES string of the molecule is COc1ccc(N2CCN(C(=O)Nc3snnc3C(=O)NC[C@@H]3CCCO3)CC2)cc1. The first-order chi connectivity index (χ1) is 15.1. The second-order valence-electron chi connectivity index (χ2n) is 7.40. The lowest BCUT2D eigenvalue weighted by Crippen LogP contribution is -2.50. The highest BCUT2D eigenvalue weighted by molar-refractivity contribution is 7.10. The van der Waals surface area contributed by atoms with Crippen molar-refractivity contribution < 1.29 is 19.1 Å². The van der Waals surface area contributed by atoms with Crippen LogP contribution in [0.5, 0.6) is 5.75 Å². The summed E-state index contributed by atoms with van der Waals surface area (Å²) in [7, 11) is 1.64. The molecule has 0 saturated carbocycles. The third kappa shape index (κ3) is 5.23. The lowest BCUT2D eigenvalue weighted by molar-refractivity contribution is 0.0854. The van der Waals surface area contributed by atoms with Crippen molar-refractivity contribution in [3.05, 3.63) is 30.0 Å². The molecule has 2 aliphatic rings. The van der Waals surface area contributed by atoms with Crippen LogP contribution < -0.4 is 20.3 Å². The lowest BCUT2D eigenvalue weighted by Gasteiger charge is -2.36. The molecule has 1 atom stereocenters. The Hall–Kier alpha value is -2.92. The van der Waals surface area contributed by atoms with Gasteiger partial charge >= 0.3 is 6.03 Å². The zero-order chi connectivity index (χ0) is 21.6. The van der Waals surface area contributed by atoms with E-state index in [2.05, 4.69) is 25.1 Å². The molecule has 2 aromatic rings. The molecule has 4 rings (SSSR count). The minimum atomic E-state index is -0.358. The van der Waals surface area contributed by atoms with Gasteiger partial charge in [-0.3, -0.25) is 10.1 Å². The average Bonchev–Trinajstić information content (AvgIpc) is 3.50. The fourth-order valence-electron chi connectivity index (χ4n) is 3.65. The van der Waals surface area contributed by atoms with Crippen LogP contribution in [0, 0.1) is 0 Å². The van der Waals surface area contributed by atoms with E-state index in [4.69, 9.17) is 9.47 Å². The van der Waals surface area contributed by atoms with Crippen LogP contribution in [0.3, 0.4) is 0 Å². The summed E-state index contributed by atoms with van der Waals surface area (Å²) in [6.45, 7) is 3.74. The number of hydrogen-bond donors (Lipinski definition) is 2. The number of carbonyl (C=O) groups excluding carboxylic acids is 2. The summed E-state index contributed by atoms with van der Waals surface area (Å²) in [6.07, 6.45) is 1.98. The molecule has 31 heavy (non-hydrogen) atoms. The number of nitrogens with one attached hydrogen (secondary N) is 2. The number of hydrogen-bond acceptors (Lipinski definition) is 8. The minimum Gasteiger partial charge on any atom is -0.497 e. The molecule has 1 aromatic carbocycles. The van der Waals surface area contributed by atoms with E-state index in [0.717, 1.165) is 55.5 Å². The molecule has 2 fully saturated rings. The van der Waals surface area contributed by atoms with Crippen LogP contribution >= 0.6 is 11.5 Å². The van der Waals surface area contributed by atoms with Crippen LogP contribution in [0.15, 0.2) is 24.3 Å². The third-order valence-corrected chi connectivity index (χ3v) is 6.08. The Labute approximate surface area is 184 Å². The van der Waals surface area contributed by atoms with E-state index in [9.17, 15) is 9.59 Å². The minimum absolute atomic E-state index is 0.0376. The van der Waals surface area contributed by atoms with Crippen LogP contribution in [0.2, 0.25) is 0 Å². The Balaban J connectivity index is 1.28. The van der Waals surface area contributed by atoms with Crippen molar-refractivity contribution >= 4 is 34.2 Å². The Kier molecular flexibility index (Phi) is 6.82. The predicted molar refractivity (Wildman–Crippen MR) is 117 cm³/mol. The quantitative estimate of drug-likeness (QED) is 0.697. The molecular weight excluding hydrogens is 420 g/mol. The summed E-state index contributed by atoms with van der Waals surface area (Å²) < 4.78 is 14.5. The van der Waals surface area contributed by atoms with Crippen LogP contribution in [0.25, 0.3) is 0 Å². The Bertz CT molecular complexity index is 891. The Morgan fingerprint density at radius 2 is 2.00 bits per heavy atom. The molecule has 2 saturated heterocycles. The van der Waals surface area contributed by atoms with Crippen molar-refractivity contribution in [3.63, 3.8) is 0 Å².